The van der Waals surface area contributed by atoms with Crippen molar-refractivity contribution in [1.82, 2.24) is 14.7 Å². The predicted octanol–water partition coefficient (Wildman–Crippen LogP) is 2.92. The first kappa shape index (κ1) is 16.0. The summed E-state index contributed by atoms with van der Waals surface area (Å²) in [5, 5.41) is 4.58. The predicted molar refractivity (Wildman–Crippen MR) is 86.6 cm³/mol. The lowest BCUT2D eigenvalue weighted by atomic mass is 9.83. The van der Waals surface area contributed by atoms with Crippen LogP contribution in [0.3, 0.4) is 0 Å². The van der Waals surface area contributed by atoms with Crippen LogP contribution in [-0.4, -0.2) is 34.3 Å². The van der Waals surface area contributed by atoms with Crippen LogP contribution in [0, 0.1) is 12.8 Å². The molecule has 20 heavy (non-hydrogen) atoms. The lowest BCUT2D eigenvalue weighted by molar-refractivity contribution is 0.124. The van der Waals surface area contributed by atoms with Gasteiger partial charge in [-0.2, -0.15) is 5.10 Å². The number of nitrogens with two attached hydrogens (primary N) is 1. The molecular weight excluding hydrogens is 316 g/mol. The van der Waals surface area contributed by atoms with Crippen molar-refractivity contribution in [2.75, 3.05) is 13.6 Å². The standard InChI is InChI=1S/C15H27BrN4/c1-4-20-14(15(16)11(2)18-20)10-19(3)13-8-6-5-7-12(13)9-17/h12-13H,4-10,17H2,1-3H3. The van der Waals surface area contributed by atoms with Gasteiger partial charge in [0.15, 0.2) is 0 Å². The zero-order valence-electron chi connectivity index (χ0n) is 12.9. The van der Waals surface area contributed by atoms with E-state index in [1.165, 1.54) is 31.4 Å². The van der Waals surface area contributed by atoms with E-state index in [1.54, 1.807) is 0 Å². The average molecular weight is 343 g/mol. The van der Waals surface area contributed by atoms with E-state index in [4.69, 9.17) is 5.73 Å². The largest absolute Gasteiger partial charge is 0.330 e. The Hall–Kier alpha value is -0.390. The lowest BCUT2D eigenvalue weighted by Crippen LogP contribution is -2.43. The van der Waals surface area contributed by atoms with E-state index in [2.05, 4.69) is 51.5 Å². The molecule has 0 aliphatic heterocycles. The molecule has 0 bridgehead atoms. The number of hydrogen-bond acceptors (Lipinski definition) is 3. The summed E-state index contributed by atoms with van der Waals surface area (Å²) in [4.78, 5) is 2.48. The Kier molecular flexibility index (Phi) is 5.64. The smallest absolute Gasteiger partial charge is 0.0739 e. The fourth-order valence-electron chi connectivity index (χ4n) is 3.42. The van der Waals surface area contributed by atoms with Crippen molar-refractivity contribution in [3.05, 3.63) is 15.9 Å². The highest BCUT2D eigenvalue weighted by atomic mass is 79.9. The summed E-state index contributed by atoms with van der Waals surface area (Å²) in [6, 6.07) is 0.612. The topological polar surface area (TPSA) is 47.1 Å². The molecular formula is C15H27BrN4. The van der Waals surface area contributed by atoms with Crippen LogP contribution in [0.25, 0.3) is 0 Å². The van der Waals surface area contributed by atoms with Gasteiger partial charge < -0.3 is 5.73 Å². The third-order valence-corrected chi connectivity index (χ3v) is 5.62. The van der Waals surface area contributed by atoms with Crippen LogP contribution in [0.4, 0.5) is 0 Å². The Morgan fingerprint density at radius 1 is 1.40 bits per heavy atom. The van der Waals surface area contributed by atoms with Gasteiger partial charge in [0.05, 0.1) is 15.9 Å². The lowest BCUT2D eigenvalue weighted by Gasteiger charge is -2.37. The second-order valence-corrected chi connectivity index (χ2v) is 6.72. The number of nitrogens with zero attached hydrogens (tertiary/aromatic N) is 3. The Balaban J connectivity index is 2.12. The summed E-state index contributed by atoms with van der Waals surface area (Å²) < 4.78 is 3.27. The highest BCUT2D eigenvalue weighted by Crippen LogP contribution is 2.29. The molecule has 114 valence electrons. The van der Waals surface area contributed by atoms with Crippen LogP contribution < -0.4 is 5.73 Å². The maximum atomic E-state index is 5.96. The molecule has 0 aromatic carbocycles. The molecule has 1 aromatic rings. The van der Waals surface area contributed by atoms with Crippen LogP contribution in [0.1, 0.15) is 44.0 Å². The van der Waals surface area contributed by atoms with Gasteiger partial charge in [0.2, 0.25) is 0 Å². The number of aryl methyl sites for hydroxylation is 2. The minimum absolute atomic E-state index is 0.612. The van der Waals surface area contributed by atoms with E-state index >= 15 is 0 Å². The Labute approximate surface area is 130 Å². The van der Waals surface area contributed by atoms with Crippen molar-refractivity contribution < 1.29 is 0 Å². The fourth-order valence-corrected chi connectivity index (χ4v) is 3.83. The van der Waals surface area contributed by atoms with Crippen molar-refractivity contribution in [1.29, 1.82) is 0 Å². The monoisotopic (exact) mass is 342 g/mol. The molecule has 0 saturated heterocycles. The zero-order valence-corrected chi connectivity index (χ0v) is 14.5. The SMILES string of the molecule is CCn1nc(C)c(Br)c1CN(C)C1CCCCC1CN. The molecule has 1 saturated carbocycles. The highest BCUT2D eigenvalue weighted by molar-refractivity contribution is 9.10. The molecule has 1 fully saturated rings. The van der Waals surface area contributed by atoms with E-state index in [1.807, 2.05) is 0 Å². The first-order valence-corrected chi connectivity index (χ1v) is 8.49. The quantitative estimate of drug-likeness (QED) is 0.894. The molecule has 0 amide bonds. The van der Waals surface area contributed by atoms with Crippen molar-refractivity contribution in [2.45, 2.75) is 58.7 Å². The van der Waals surface area contributed by atoms with Crippen molar-refractivity contribution >= 4 is 15.9 Å². The molecule has 1 heterocycles. The fraction of sp³-hybridized carbons (Fsp3) is 0.800. The van der Waals surface area contributed by atoms with E-state index < -0.39 is 0 Å². The maximum absolute atomic E-state index is 5.96. The summed E-state index contributed by atoms with van der Waals surface area (Å²) in [6.45, 7) is 6.87. The van der Waals surface area contributed by atoms with Crippen LogP contribution in [0.15, 0.2) is 4.47 Å². The average Bonchev–Trinajstić information content (AvgIpc) is 2.74. The second kappa shape index (κ2) is 7.05. The van der Waals surface area contributed by atoms with Gasteiger partial charge in [0, 0.05) is 19.1 Å². The number of rotatable bonds is 5. The van der Waals surface area contributed by atoms with E-state index in [0.29, 0.717) is 12.0 Å². The van der Waals surface area contributed by atoms with Crippen molar-refractivity contribution in [2.24, 2.45) is 11.7 Å². The minimum atomic E-state index is 0.612. The number of halogens is 1. The Morgan fingerprint density at radius 2 is 2.10 bits per heavy atom. The number of hydrogen-bond donors (Lipinski definition) is 1. The molecule has 5 heteroatoms. The molecule has 2 unspecified atom stereocenters. The maximum Gasteiger partial charge on any atom is 0.0739 e. The Bertz CT molecular complexity index is 443. The van der Waals surface area contributed by atoms with Crippen LogP contribution in [0.2, 0.25) is 0 Å². The summed E-state index contributed by atoms with van der Waals surface area (Å²) >= 11 is 3.69. The Morgan fingerprint density at radius 3 is 2.75 bits per heavy atom. The van der Waals surface area contributed by atoms with Gasteiger partial charge in [-0.25, -0.2) is 0 Å². The molecule has 2 atom stereocenters. The molecule has 4 nitrogen and oxygen atoms in total. The first-order chi connectivity index (χ1) is 9.58. The van der Waals surface area contributed by atoms with Gasteiger partial charge in [0.1, 0.15) is 0 Å². The normalized spacial score (nSPS) is 23.5. The molecule has 2 rings (SSSR count). The minimum Gasteiger partial charge on any atom is -0.330 e. The molecule has 0 spiro atoms. The van der Waals surface area contributed by atoms with Gasteiger partial charge in [-0.3, -0.25) is 9.58 Å². The molecule has 1 aromatic heterocycles. The summed E-state index contributed by atoms with van der Waals surface area (Å²) in [5.41, 5.74) is 8.33. The van der Waals surface area contributed by atoms with Crippen LogP contribution >= 0.6 is 15.9 Å². The van der Waals surface area contributed by atoms with Gasteiger partial charge in [-0.1, -0.05) is 12.8 Å². The van der Waals surface area contributed by atoms with Crippen molar-refractivity contribution in [3.63, 3.8) is 0 Å². The van der Waals surface area contributed by atoms with E-state index in [-0.39, 0.29) is 0 Å². The van der Waals surface area contributed by atoms with Crippen LogP contribution in [-0.2, 0) is 13.1 Å². The molecule has 1 aliphatic rings. The summed E-state index contributed by atoms with van der Waals surface area (Å²) in [7, 11) is 2.23. The van der Waals surface area contributed by atoms with Crippen LogP contribution in [0.5, 0.6) is 0 Å². The van der Waals surface area contributed by atoms with E-state index in [9.17, 15) is 0 Å². The third kappa shape index (κ3) is 3.26. The number of aromatic nitrogens is 2. The van der Waals surface area contributed by atoms with Gasteiger partial charge >= 0.3 is 0 Å². The van der Waals surface area contributed by atoms with Gasteiger partial charge in [-0.05, 0) is 62.1 Å². The molecule has 1 aliphatic carbocycles. The van der Waals surface area contributed by atoms with Gasteiger partial charge in [-0.15, -0.1) is 0 Å². The molecule has 2 N–H and O–H groups in total. The third-order valence-electron chi connectivity index (χ3n) is 4.59. The second-order valence-electron chi connectivity index (χ2n) is 5.92. The summed E-state index contributed by atoms with van der Waals surface area (Å²) in [6.07, 6.45) is 5.22. The highest BCUT2D eigenvalue weighted by Gasteiger charge is 2.28. The summed E-state index contributed by atoms with van der Waals surface area (Å²) in [5.74, 6) is 0.645. The van der Waals surface area contributed by atoms with Crippen molar-refractivity contribution in [3.8, 4) is 0 Å². The van der Waals surface area contributed by atoms with E-state index in [0.717, 1.165) is 29.8 Å². The molecule has 0 radical (unpaired) electrons. The van der Waals surface area contributed by atoms with Gasteiger partial charge in [0.25, 0.3) is 0 Å². The first-order valence-electron chi connectivity index (χ1n) is 7.70. The zero-order chi connectivity index (χ0) is 14.7.